The molecule has 0 aromatic carbocycles. The highest BCUT2D eigenvalue weighted by atomic mass is 16.2. The van der Waals surface area contributed by atoms with Crippen molar-refractivity contribution in [3.8, 4) is 0 Å². The molecule has 5 heteroatoms. The minimum absolute atomic E-state index is 0.0136. The van der Waals surface area contributed by atoms with Crippen molar-refractivity contribution in [2.45, 2.75) is 53.4 Å². The average Bonchev–Trinajstić information content (AvgIpc) is 2.54. The zero-order chi connectivity index (χ0) is 16.4. The van der Waals surface area contributed by atoms with E-state index >= 15 is 0 Å². The summed E-state index contributed by atoms with van der Waals surface area (Å²) in [5.74, 6) is 0.845. The van der Waals surface area contributed by atoms with Gasteiger partial charge in [0.15, 0.2) is 0 Å². The van der Waals surface area contributed by atoms with E-state index in [0.29, 0.717) is 5.69 Å². The van der Waals surface area contributed by atoms with E-state index in [0.717, 1.165) is 57.7 Å². The predicted octanol–water partition coefficient (Wildman–Crippen LogP) is 3.37. The molecule has 0 spiro atoms. The molecule has 5 nitrogen and oxygen atoms in total. The molecule has 0 fully saturated rings. The van der Waals surface area contributed by atoms with Gasteiger partial charge in [-0.1, -0.05) is 27.7 Å². The van der Waals surface area contributed by atoms with Crippen molar-refractivity contribution in [3.63, 3.8) is 0 Å². The highest BCUT2D eigenvalue weighted by molar-refractivity contribution is 5.92. The first-order chi connectivity index (χ1) is 10.7. The third kappa shape index (κ3) is 5.28. The molecule has 0 radical (unpaired) electrons. The summed E-state index contributed by atoms with van der Waals surface area (Å²) in [6.45, 7) is 11.9. The molecule has 0 atom stereocenters. The lowest BCUT2D eigenvalue weighted by Crippen LogP contribution is -2.33. The van der Waals surface area contributed by atoms with Crippen LogP contribution >= 0.6 is 0 Å². The maximum Gasteiger partial charge on any atom is 0.274 e. The van der Waals surface area contributed by atoms with Crippen LogP contribution in [0.3, 0.4) is 0 Å². The van der Waals surface area contributed by atoms with Crippen LogP contribution in [-0.4, -0.2) is 47.0 Å². The van der Waals surface area contributed by atoms with Gasteiger partial charge in [-0.15, -0.1) is 0 Å². The minimum atomic E-state index is -0.0136. The molecule has 0 unspecified atom stereocenters. The number of rotatable bonds is 10. The fraction of sp³-hybridized carbons (Fsp3) is 0.706. The first-order valence-corrected chi connectivity index (χ1v) is 8.54. The minimum Gasteiger partial charge on any atom is -0.355 e. The Morgan fingerprint density at radius 2 is 1.41 bits per heavy atom. The van der Waals surface area contributed by atoms with Gasteiger partial charge in [0.05, 0.1) is 12.4 Å². The lowest BCUT2D eigenvalue weighted by atomic mass is 10.3. The van der Waals surface area contributed by atoms with Gasteiger partial charge in [0.2, 0.25) is 0 Å². The second kappa shape index (κ2) is 10.1. The zero-order valence-corrected chi connectivity index (χ0v) is 14.5. The average molecular weight is 306 g/mol. The fourth-order valence-electron chi connectivity index (χ4n) is 2.49. The lowest BCUT2D eigenvalue weighted by molar-refractivity contribution is 0.0749. The fourth-order valence-corrected chi connectivity index (χ4v) is 2.49. The summed E-state index contributed by atoms with van der Waals surface area (Å²) in [6, 6.07) is 0. The number of aromatic nitrogens is 2. The quantitative estimate of drug-likeness (QED) is 0.665. The molecular weight excluding hydrogens is 276 g/mol. The maximum absolute atomic E-state index is 12.5. The second-order valence-corrected chi connectivity index (χ2v) is 5.54. The first-order valence-electron chi connectivity index (χ1n) is 8.54. The molecule has 0 aliphatic rings. The van der Waals surface area contributed by atoms with Crippen LogP contribution in [0.2, 0.25) is 0 Å². The van der Waals surface area contributed by atoms with Crippen molar-refractivity contribution in [2.75, 3.05) is 31.1 Å². The maximum atomic E-state index is 12.5. The van der Waals surface area contributed by atoms with Crippen LogP contribution in [0.5, 0.6) is 0 Å². The Morgan fingerprint density at radius 3 is 1.82 bits per heavy atom. The van der Waals surface area contributed by atoms with Crippen LogP contribution in [0.15, 0.2) is 12.4 Å². The van der Waals surface area contributed by atoms with Gasteiger partial charge in [0.25, 0.3) is 5.91 Å². The number of anilines is 1. The van der Waals surface area contributed by atoms with E-state index < -0.39 is 0 Å². The van der Waals surface area contributed by atoms with Crippen LogP contribution < -0.4 is 4.90 Å². The molecule has 0 aliphatic heterocycles. The topological polar surface area (TPSA) is 49.3 Å². The summed E-state index contributed by atoms with van der Waals surface area (Å²) in [4.78, 5) is 25.4. The van der Waals surface area contributed by atoms with Crippen LogP contribution in [0.1, 0.15) is 63.9 Å². The summed E-state index contributed by atoms with van der Waals surface area (Å²) in [5, 5.41) is 0. The Labute approximate surface area is 134 Å². The second-order valence-electron chi connectivity index (χ2n) is 5.54. The van der Waals surface area contributed by atoms with Crippen LogP contribution in [0.25, 0.3) is 0 Å². The van der Waals surface area contributed by atoms with Crippen molar-refractivity contribution in [1.29, 1.82) is 0 Å². The molecule has 22 heavy (non-hydrogen) atoms. The summed E-state index contributed by atoms with van der Waals surface area (Å²) < 4.78 is 0. The van der Waals surface area contributed by atoms with Gasteiger partial charge < -0.3 is 9.80 Å². The molecule has 0 N–H and O–H groups in total. The van der Waals surface area contributed by atoms with Gasteiger partial charge >= 0.3 is 0 Å². The van der Waals surface area contributed by atoms with E-state index in [4.69, 9.17) is 0 Å². The van der Waals surface area contributed by atoms with Crippen molar-refractivity contribution in [3.05, 3.63) is 18.1 Å². The Hall–Kier alpha value is -1.65. The van der Waals surface area contributed by atoms with Crippen LogP contribution in [0.4, 0.5) is 5.82 Å². The summed E-state index contributed by atoms with van der Waals surface area (Å²) >= 11 is 0. The van der Waals surface area contributed by atoms with Crippen LogP contribution in [0, 0.1) is 0 Å². The molecule has 0 bridgehead atoms. The van der Waals surface area contributed by atoms with Gasteiger partial charge in [0, 0.05) is 26.2 Å². The summed E-state index contributed by atoms with van der Waals surface area (Å²) in [5.41, 5.74) is 0.443. The van der Waals surface area contributed by atoms with E-state index in [1.807, 2.05) is 4.90 Å². The van der Waals surface area contributed by atoms with Gasteiger partial charge in [-0.2, -0.15) is 0 Å². The molecule has 1 aromatic rings. The largest absolute Gasteiger partial charge is 0.355 e. The SMILES string of the molecule is CCCN(CCC)C(=O)c1cnc(N(CCC)CCC)cn1. The molecule has 1 rings (SSSR count). The number of hydrogen-bond donors (Lipinski definition) is 0. The third-order valence-corrected chi connectivity index (χ3v) is 3.44. The van der Waals surface area contributed by atoms with Crippen molar-refractivity contribution < 1.29 is 4.79 Å². The number of nitrogens with zero attached hydrogens (tertiary/aromatic N) is 4. The van der Waals surface area contributed by atoms with Gasteiger partial charge in [0.1, 0.15) is 11.5 Å². The molecule has 0 aliphatic carbocycles. The molecule has 0 saturated carbocycles. The molecule has 1 heterocycles. The number of hydrogen-bond acceptors (Lipinski definition) is 4. The summed E-state index contributed by atoms with van der Waals surface area (Å²) in [6.07, 6.45) is 7.41. The van der Waals surface area contributed by atoms with E-state index in [2.05, 4.69) is 42.6 Å². The molecule has 1 aromatic heterocycles. The molecule has 124 valence electrons. The van der Waals surface area contributed by atoms with E-state index in [9.17, 15) is 4.79 Å². The van der Waals surface area contributed by atoms with Gasteiger partial charge in [-0.3, -0.25) is 4.79 Å². The highest BCUT2D eigenvalue weighted by Gasteiger charge is 2.16. The number of carbonyl (C=O) groups excluding carboxylic acids is 1. The van der Waals surface area contributed by atoms with Crippen molar-refractivity contribution in [2.24, 2.45) is 0 Å². The first kappa shape index (κ1) is 18.4. The highest BCUT2D eigenvalue weighted by Crippen LogP contribution is 2.11. The normalized spacial score (nSPS) is 10.5. The Morgan fingerprint density at radius 1 is 0.864 bits per heavy atom. The molecule has 1 amide bonds. The molecular formula is C17H30N4O. The smallest absolute Gasteiger partial charge is 0.274 e. The third-order valence-electron chi connectivity index (χ3n) is 3.44. The Kier molecular flexibility index (Phi) is 8.48. The van der Waals surface area contributed by atoms with Gasteiger partial charge in [-0.25, -0.2) is 9.97 Å². The summed E-state index contributed by atoms with van der Waals surface area (Å²) in [7, 11) is 0. The number of carbonyl (C=O) groups is 1. The zero-order valence-electron chi connectivity index (χ0n) is 14.5. The van der Waals surface area contributed by atoms with Crippen molar-refractivity contribution >= 4 is 11.7 Å². The molecule has 0 saturated heterocycles. The predicted molar refractivity (Wildman–Crippen MR) is 91.3 cm³/mol. The van der Waals surface area contributed by atoms with Crippen molar-refractivity contribution in [1.82, 2.24) is 14.9 Å². The Balaban J connectivity index is 2.83. The lowest BCUT2D eigenvalue weighted by Gasteiger charge is -2.23. The van der Waals surface area contributed by atoms with E-state index in [1.165, 1.54) is 0 Å². The standard InChI is InChI=1S/C17H30N4O/c1-5-9-20(10-6-2)16-14-18-15(13-19-16)17(22)21(11-7-3)12-8-4/h13-14H,5-12H2,1-4H3. The monoisotopic (exact) mass is 306 g/mol. The Bertz CT molecular complexity index is 421. The van der Waals surface area contributed by atoms with Gasteiger partial charge in [-0.05, 0) is 25.7 Å². The van der Waals surface area contributed by atoms with E-state index in [-0.39, 0.29) is 5.91 Å². The number of amides is 1. The van der Waals surface area contributed by atoms with Crippen LogP contribution in [-0.2, 0) is 0 Å². The van der Waals surface area contributed by atoms with E-state index in [1.54, 1.807) is 12.4 Å².